The van der Waals surface area contributed by atoms with Crippen LogP contribution >= 0.6 is 0 Å². The summed E-state index contributed by atoms with van der Waals surface area (Å²) in [6.07, 6.45) is 5.02. The molecule has 2 heteroatoms. The largest absolute Gasteiger partial charge is 0.465 e. The summed E-state index contributed by atoms with van der Waals surface area (Å²) < 4.78 is 5.06. The Balaban J connectivity index is 2.21. The zero-order valence-corrected chi connectivity index (χ0v) is 6.04. The van der Waals surface area contributed by atoms with Gasteiger partial charge in [-0.3, -0.25) is 4.79 Å². The molecular weight excluding hydrogens is 140 g/mol. The van der Waals surface area contributed by atoms with Crippen molar-refractivity contribution in [3.05, 3.63) is 29.7 Å². The summed E-state index contributed by atoms with van der Waals surface area (Å²) in [5, 5.41) is 0. The third-order valence-electron chi connectivity index (χ3n) is 1.84. The molecule has 1 heterocycles. The Morgan fingerprint density at radius 3 is 2.82 bits per heavy atom. The molecule has 1 aliphatic rings. The molecule has 2 nitrogen and oxygen atoms in total. The van der Waals surface area contributed by atoms with Crippen LogP contribution in [0.3, 0.4) is 0 Å². The van der Waals surface area contributed by atoms with Gasteiger partial charge in [0, 0.05) is 6.42 Å². The third kappa shape index (κ3) is 1.11. The van der Waals surface area contributed by atoms with Crippen LogP contribution in [0.15, 0.2) is 28.4 Å². The number of Topliss-reactive ketones (excluding diaryl/α,β-unsaturated/α-hetero) is 1. The van der Waals surface area contributed by atoms with Crippen LogP contribution in [-0.2, 0) is 4.79 Å². The SMILES string of the molecule is O=C1CC/C1=C\c1ccco1. The number of rotatable bonds is 1. The van der Waals surface area contributed by atoms with E-state index in [0.717, 1.165) is 17.8 Å². The van der Waals surface area contributed by atoms with Crippen LogP contribution in [0, 0.1) is 0 Å². The fourth-order valence-corrected chi connectivity index (χ4v) is 1.07. The van der Waals surface area contributed by atoms with Crippen LogP contribution < -0.4 is 0 Å². The predicted molar refractivity (Wildman–Crippen MR) is 40.9 cm³/mol. The standard InChI is InChI=1S/C9H8O2/c10-9-4-3-7(9)6-8-2-1-5-11-8/h1-2,5-6H,3-4H2/b7-6+. The van der Waals surface area contributed by atoms with Gasteiger partial charge in [0.2, 0.25) is 0 Å². The van der Waals surface area contributed by atoms with Gasteiger partial charge in [0.15, 0.2) is 5.78 Å². The average Bonchev–Trinajstić information content (AvgIpc) is 2.49. The molecule has 1 aromatic heterocycles. The van der Waals surface area contributed by atoms with Crippen molar-refractivity contribution in [2.24, 2.45) is 0 Å². The normalized spacial score (nSPS) is 20.4. The number of carbonyl (C=O) groups is 1. The van der Waals surface area contributed by atoms with Gasteiger partial charge < -0.3 is 4.42 Å². The fraction of sp³-hybridized carbons (Fsp3) is 0.222. The van der Waals surface area contributed by atoms with E-state index in [1.807, 2.05) is 18.2 Å². The first-order chi connectivity index (χ1) is 5.36. The number of hydrogen-bond acceptors (Lipinski definition) is 2. The molecule has 0 radical (unpaired) electrons. The molecule has 0 N–H and O–H groups in total. The van der Waals surface area contributed by atoms with Crippen LogP contribution in [0.5, 0.6) is 0 Å². The Hall–Kier alpha value is -1.31. The van der Waals surface area contributed by atoms with E-state index in [-0.39, 0.29) is 5.78 Å². The molecule has 0 saturated heterocycles. The number of carbonyl (C=O) groups excluding carboxylic acids is 1. The van der Waals surface area contributed by atoms with Crippen molar-refractivity contribution in [2.75, 3.05) is 0 Å². The Labute approximate surface area is 64.5 Å². The lowest BCUT2D eigenvalue weighted by molar-refractivity contribution is -0.118. The molecule has 56 valence electrons. The lowest BCUT2D eigenvalue weighted by atomic mass is 9.90. The number of hydrogen-bond donors (Lipinski definition) is 0. The van der Waals surface area contributed by atoms with Gasteiger partial charge >= 0.3 is 0 Å². The topological polar surface area (TPSA) is 30.2 Å². The number of ketones is 1. The zero-order valence-electron chi connectivity index (χ0n) is 6.04. The van der Waals surface area contributed by atoms with E-state index in [4.69, 9.17) is 4.42 Å². The van der Waals surface area contributed by atoms with Crippen molar-refractivity contribution in [1.29, 1.82) is 0 Å². The molecule has 11 heavy (non-hydrogen) atoms. The van der Waals surface area contributed by atoms with E-state index in [0.29, 0.717) is 6.42 Å². The van der Waals surface area contributed by atoms with Gasteiger partial charge in [0.1, 0.15) is 5.76 Å². The van der Waals surface area contributed by atoms with E-state index in [2.05, 4.69) is 0 Å². The van der Waals surface area contributed by atoms with Gasteiger partial charge in [-0.2, -0.15) is 0 Å². The molecule has 1 aromatic rings. The Bertz CT molecular complexity index is 293. The first kappa shape index (κ1) is 6.40. The quantitative estimate of drug-likeness (QED) is 0.570. The summed E-state index contributed by atoms with van der Waals surface area (Å²) >= 11 is 0. The number of allylic oxidation sites excluding steroid dienone is 1. The van der Waals surface area contributed by atoms with E-state index in [1.165, 1.54) is 0 Å². The van der Waals surface area contributed by atoms with Crippen LogP contribution in [-0.4, -0.2) is 5.78 Å². The second-order valence-corrected chi connectivity index (χ2v) is 2.61. The Morgan fingerprint density at radius 1 is 1.45 bits per heavy atom. The fourth-order valence-electron chi connectivity index (χ4n) is 1.07. The molecule has 2 rings (SSSR count). The van der Waals surface area contributed by atoms with Gasteiger partial charge in [-0.25, -0.2) is 0 Å². The highest BCUT2D eigenvalue weighted by Crippen LogP contribution is 2.23. The molecule has 0 aromatic carbocycles. The van der Waals surface area contributed by atoms with Crippen molar-refractivity contribution < 1.29 is 9.21 Å². The predicted octanol–water partition coefficient (Wildman–Crippen LogP) is 2.03. The highest BCUT2D eigenvalue weighted by molar-refractivity contribution is 6.05. The van der Waals surface area contributed by atoms with E-state index in [9.17, 15) is 4.79 Å². The summed E-state index contributed by atoms with van der Waals surface area (Å²) in [5.74, 6) is 1.02. The maximum atomic E-state index is 10.8. The molecule has 1 aliphatic carbocycles. The second-order valence-electron chi connectivity index (χ2n) is 2.61. The highest BCUT2D eigenvalue weighted by atomic mass is 16.3. The van der Waals surface area contributed by atoms with Gasteiger partial charge in [-0.1, -0.05) is 0 Å². The third-order valence-corrected chi connectivity index (χ3v) is 1.84. The summed E-state index contributed by atoms with van der Waals surface area (Å²) in [6.45, 7) is 0. The summed E-state index contributed by atoms with van der Waals surface area (Å²) in [7, 11) is 0. The van der Waals surface area contributed by atoms with Gasteiger partial charge in [0.25, 0.3) is 0 Å². The van der Waals surface area contributed by atoms with Gasteiger partial charge in [-0.15, -0.1) is 0 Å². The molecule has 0 unspecified atom stereocenters. The Morgan fingerprint density at radius 2 is 2.36 bits per heavy atom. The van der Waals surface area contributed by atoms with E-state index >= 15 is 0 Å². The molecular formula is C9H8O2. The van der Waals surface area contributed by atoms with Crippen molar-refractivity contribution in [1.82, 2.24) is 0 Å². The van der Waals surface area contributed by atoms with E-state index in [1.54, 1.807) is 6.26 Å². The molecule has 0 aliphatic heterocycles. The molecule has 0 atom stereocenters. The first-order valence-electron chi connectivity index (χ1n) is 3.63. The van der Waals surface area contributed by atoms with Crippen LogP contribution in [0.1, 0.15) is 18.6 Å². The maximum absolute atomic E-state index is 10.8. The summed E-state index contributed by atoms with van der Waals surface area (Å²) in [6, 6.07) is 3.66. The lowest BCUT2D eigenvalue weighted by Gasteiger charge is -2.13. The molecule has 1 saturated carbocycles. The number of furan rings is 1. The average molecular weight is 148 g/mol. The van der Waals surface area contributed by atoms with Gasteiger partial charge in [0.05, 0.1) is 6.26 Å². The van der Waals surface area contributed by atoms with Gasteiger partial charge in [-0.05, 0) is 30.2 Å². The monoisotopic (exact) mass is 148 g/mol. The summed E-state index contributed by atoms with van der Waals surface area (Å²) in [4.78, 5) is 10.8. The van der Waals surface area contributed by atoms with Crippen molar-refractivity contribution in [3.8, 4) is 0 Å². The van der Waals surface area contributed by atoms with Crippen molar-refractivity contribution >= 4 is 11.9 Å². The second kappa shape index (κ2) is 2.38. The minimum Gasteiger partial charge on any atom is -0.465 e. The molecule has 0 bridgehead atoms. The van der Waals surface area contributed by atoms with Crippen molar-refractivity contribution in [2.45, 2.75) is 12.8 Å². The molecule has 1 fully saturated rings. The maximum Gasteiger partial charge on any atom is 0.159 e. The lowest BCUT2D eigenvalue weighted by Crippen LogP contribution is -2.13. The van der Waals surface area contributed by atoms with E-state index < -0.39 is 0 Å². The minimum absolute atomic E-state index is 0.251. The van der Waals surface area contributed by atoms with Crippen LogP contribution in [0.25, 0.3) is 6.08 Å². The Kier molecular flexibility index (Phi) is 1.39. The first-order valence-corrected chi connectivity index (χ1v) is 3.63. The summed E-state index contributed by atoms with van der Waals surface area (Å²) in [5.41, 5.74) is 0.889. The van der Waals surface area contributed by atoms with Crippen molar-refractivity contribution in [3.63, 3.8) is 0 Å². The smallest absolute Gasteiger partial charge is 0.159 e. The highest BCUT2D eigenvalue weighted by Gasteiger charge is 2.19. The van der Waals surface area contributed by atoms with Crippen LogP contribution in [0.2, 0.25) is 0 Å². The van der Waals surface area contributed by atoms with Crippen LogP contribution in [0.4, 0.5) is 0 Å². The minimum atomic E-state index is 0.251. The zero-order chi connectivity index (χ0) is 7.68. The molecule has 0 spiro atoms. The molecule has 0 amide bonds.